The number of aliphatic imine (C=N–C) groups is 1. The number of aromatic amines is 1. The van der Waals surface area contributed by atoms with Gasteiger partial charge in [-0.25, -0.2) is 9.98 Å². The minimum Gasteiger partial charge on any atom is -0.370 e. The van der Waals surface area contributed by atoms with Crippen molar-refractivity contribution in [3.05, 3.63) is 27.9 Å². The molecule has 0 aliphatic rings. The van der Waals surface area contributed by atoms with Crippen LogP contribution in [-0.2, 0) is 6.54 Å². The Balaban J connectivity index is 2.66. The van der Waals surface area contributed by atoms with E-state index in [4.69, 9.17) is 5.73 Å². The normalized spacial score (nSPS) is 13.5. The molecule has 1 heterocycles. The highest BCUT2D eigenvalue weighted by atomic mass is 16.1. The van der Waals surface area contributed by atoms with Gasteiger partial charge in [0.15, 0.2) is 5.96 Å². The van der Waals surface area contributed by atoms with Crippen molar-refractivity contribution in [2.45, 2.75) is 39.8 Å². The van der Waals surface area contributed by atoms with Crippen LogP contribution >= 0.6 is 0 Å². The molecule has 0 fully saturated rings. The Morgan fingerprint density at radius 3 is 3.00 bits per heavy atom. The summed E-state index contributed by atoms with van der Waals surface area (Å²) in [7, 11) is 0. The van der Waals surface area contributed by atoms with Crippen LogP contribution in [0.5, 0.6) is 0 Å². The van der Waals surface area contributed by atoms with E-state index < -0.39 is 0 Å². The van der Waals surface area contributed by atoms with E-state index in [-0.39, 0.29) is 18.1 Å². The summed E-state index contributed by atoms with van der Waals surface area (Å²) >= 11 is 0. The van der Waals surface area contributed by atoms with Crippen LogP contribution in [0, 0.1) is 6.92 Å². The number of H-pyrrole nitrogens is 1. The lowest BCUT2D eigenvalue weighted by Crippen LogP contribution is -2.38. The third kappa shape index (κ3) is 4.26. The maximum atomic E-state index is 11.5. The van der Waals surface area contributed by atoms with E-state index in [1.54, 1.807) is 6.92 Å². The van der Waals surface area contributed by atoms with Crippen LogP contribution < -0.4 is 16.6 Å². The Morgan fingerprint density at radius 2 is 2.41 bits per heavy atom. The van der Waals surface area contributed by atoms with Crippen molar-refractivity contribution >= 4 is 5.96 Å². The van der Waals surface area contributed by atoms with Gasteiger partial charge in [0.1, 0.15) is 5.82 Å². The van der Waals surface area contributed by atoms with Crippen LogP contribution in [0.25, 0.3) is 0 Å². The SMILES string of the molecule is CCC(C)NC(N)=NCc1cnc(C)[nH]c1=O. The zero-order valence-electron chi connectivity index (χ0n) is 10.4. The molecule has 1 aromatic rings. The lowest BCUT2D eigenvalue weighted by atomic mass is 10.3. The molecule has 1 unspecified atom stereocenters. The van der Waals surface area contributed by atoms with Crippen LogP contribution in [0.15, 0.2) is 16.0 Å². The lowest BCUT2D eigenvalue weighted by molar-refractivity contribution is 0.636. The van der Waals surface area contributed by atoms with Gasteiger partial charge in [0.25, 0.3) is 5.56 Å². The van der Waals surface area contributed by atoms with Crippen molar-refractivity contribution in [2.24, 2.45) is 10.7 Å². The molecule has 94 valence electrons. The Kier molecular flexibility index (Phi) is 4.68. The number of rotatable bonds is 4. The van der Waals surface area contributed by atoms with Gasteiger partial charge in [-0.2, -0.15) is 0 Å². The van der Waals surface area contributed by atoms with Crippen LogP contribution in [0.3, 0.4) is 0 Å². The predicted octanol–water partition coefficient (Wildman–Crippen LogP) is 0.281. The van der Waals surface area contributed by atoms with Crippen molar-refractivity contribution in [1.82, 2.24) is 15.3 Å². The van der Waals surface area contributed by atoms with Crippen molar-refractivity contribution in [3.8, 4) is 0 Å². The predicted molar refractivity (Wildman–Crippen MR) is 67.8 cm³/mol. The highest BCUT2D eigenvalue weighted by molar-refractivity contribution is 5.78. The molecule has 1 atom stereocenters. The molecule has 0 radical (unpaired) electrons. The zero-order valence-corrected chi connectivity index (χ0v) is 10.4. The van der Waals surface area contributed by atoms with E-state index in [9.17, 15) is 4.79 Å². The lowest BCUT2D eigenvalue weighted by Gasteiger charge is -2.11. The smallest absolute Gasteiger partial charge is 0.255 e. The molecule has 0 aliphatic carbocycles. The number of hydrogen-bond acceptors (Lipinski definition) is 3. The first-order valence-corrected chi connectivity index (χ1v) is 5.64. The zero-order chi connectivity index (χ0) is 12.8. The first-order chi connectivity index (χ1) is 8.02. The van der Waals surface area contributed by atoms with E-state index in [1.807, 2.05) is 6.92 Å². The summed E-state index contributed by atoms with van der Waals surface area (Å²) in [5, 5.41) is 3.03. The second-order valence-corrected chi connectivity index (χ2v) is 3.98. The summed E-state index contributed by atoms with van der Waals surface area (Å²) in [4.78, 5) is 22.2. The summed E-state index contributed by atoms with van der Waals surface area (Å²) in [5.74, 6) is 0.938. The highest BCUT2D eigenvalue weighted by Gasteiger charge is 2.02. The van der Waals surface area contributed by atoms with Gasteiger partial charge in [0.2, 0.25) is 0 Å². The van der Waals surface area contributed by atoms with Gasteiger partial charge in [0, 0.05) is 12.2 Å². The van der Waals surface area contributed by atoms with Gasteiger partial charge < -0.3 is 16.0 Å². The first-order valence-electron chi connectivity index (χ1n) is 5.64. The molecule has 6 nitrogen and oxygen atoms in total. The monoisotopic (exact) mass is 237 g/mol. The maximum absolute atomic E-state index is 11.5. The number of nitrogens with one attached hydrogen (secondary N) is 2. The van der Waals surface area contributed by atoms with Crippen molar-refractivity contribution < 1.29 is 0 Å². The Labute approximate surface area is 100 Å². The largest absolute Gasteiger partial charge is 0.370 e. The summed E-state index contributed by atoms with van der Waals surface area (Å²) < 4.78 is 0. The molecule has 4 N–H and O–H groups in total. The molecule has 1 aromatic heterocycles. The summed E-state index contributed by atoms with van der Waals surface area (Å²) in [6.45, 7) is 6.04. The van der Waals surface area contributed by atoms with E-state index in [0.29, 0.717) is 17.3 Å². The quantitative estimate of drug-likeness (QED) is 0.517. The molecule has 0 saturated carbocycles. The number of guanidine groups is 1. The summed E-state index contributed by atoms with van der Waals surface area (Å²) in [5.41, 5.74) is 6.02. The molecule has 0 aromatic carbocycles. The maximum Gasteiger partial charge on any atom is 0.255 e. The molecule has 0 bridgehead atoms. The van der Waals surface area contributed by atoms with E-state index >= 15 is 0 Å². The fraction of sp³-hybridized carbons (Fsp3) is 0.545. The van der Waals surface area contributed by atoms with Crippen molar-refractivity contribution in [2.75, 3.05) is 0 Å². The van der Waals surface area contributed by atoms with E-state index in [2.05, 4.69) is 27.2 Å². The third-order valence-electron chi connectivity index (χ3n) is 2.43. The second-order valence-electron chi connectivity index (χ2n) is 3.98. The van der Waals surface area contributed by atoms with E-state index in [0.717, 1.165) is 6.42 Å². The summed E-state index contributed by atoms with van der Waals surface area (Å²) in [6, 6.07) is 0.271. The van der Waals surface area contributed by atoms with Crippen molar-refractivity contribution in [3.63, 3.8) is 0 Å². The van der Waals surface area contributed by atoms with Gasteiger partial charge >= 0.3 is 0 Å². The number of nitrogens with zero attached hydrogens (tertiary/aromatic N) is 2. The molecular weight excluding hydrogens is 218 g/mol. The first kappa shape index (κ1) is 13.2. The molecule has 6 heteroatoms. The molecule has 17 heavy (non-hydrogen) atoms. The number of hydrogen-bond donors (Lipinski definition) is 3. The highest BCUT2D eigenvalue weighted by Crippen LogP contribution is 1.92. The Morgan fingerprint density at radius 1 is 1.71 bits per heavy atom. The number of aromatic nitrogens is 2. The van der Waals surface area contributed by atoms with Crippen LogP contribution in [-0.4, -0.2) is 22.0 Å². The van der Waals surface area contributed by atoms with Gasteiger partial charge in [-0.3, -0.25) is 4.79 Å². The Hall–Kier alpha value is -1.85. The topological polar surface area (TPSA) is 96.2 Å². The van der Waals surface area contributed by atoms with Crippen LogP contribution in [0.1, 0.15) is 31.7 Å². The van der Waals surface area contributed by atoms with Crippen LogP contribution in [0.2, 0.25) is 0 Å². The minimum atomic E-state index is -0.169. The molecule has 0 amide bonds. The van der Waals surface area contributed by atoms with Gasteiger partial charge in [0.05, 0.1) is 12.1 Å². The average molecular weight is 237 g/mol. The fourth-order valence-electron chi connectivity index (χ4n) is 1.19. The Bertz CT molecular complexity index is 451. The fourth-order valence-corrected chi connectivity index (χ4v) is 1.19. The van der Waals surface area contributed by atoms with Gasteiger partial charge in [-0.15, -0.1) is 0 Å². The third-order valence-corrected chi connectivity index (χ3v) is 2.43. The standard InChI is InChI=1S/C11H19N5O/c1-4-7(2)15-11(12)14-6-9-5-13-8(3)16-10(9)17/h5,7H,4,6H2,1-3H3,(H3,12,14,15)(H,13,16,17). The number of aryl methyl sites for hydroxylation is 1. The molecular formula is C11H19N5O. The van der Waals surface area contributed by atoms with Gasteiger partial charge in [-0.05, 0) is 20.3 Å². The minimum absolute atomic E-state index is 0.169. The molecule has 1 rings (SSSR count). The molecule has 0 aliphatic heterocycles. The number of nitrogens with two attached hydrogens (primary N) is 1. The molecule has 0 saturated heterocycles. The van der Waals surface area contributed by atoms with E-state index in [1.165, 1.54) is 6.20 Å². The van der Waals surface area contributed by atoms with Crippen molar-refractivity contribution in [1.29, 1.82) is 0 Å². The summed E-state index contributed by atoms with van der Waals surface area (Å²) in [6.07, 6.45) is 2.48. The second kappa shape index (κ2) is 6.03. The average Bonchev–Trinajstić information content (AvgIpc) is 2.27. The van der Waals surface area contributed by atoms with Crippen LogP contribution in [0.4, 0.5) is 0 Å². The molecule has 0 spiro atoms. The van der Waals surface area contributed by atoms with Gasteiger partial charge in [-0.1, -0.05) is 6.92 Å².